The predicted octanol–water partition coefficient (Wildman–Crippen LogP) is 3.60. The molecule has 18 heavy (non-hydrogen) atoms. The lowest BCUT2D eigenvalue weighted by Gasteiger charge is -2.27. The lowest BCUT2D eigenvalue weighted by Crippen LogP contribution is -2.38. The Labute approximate surface area is 112 Å². The average Bonchev–Trinajstić information content (AvgIpc) is 2.81. The lowest BCUT2D eigenvalue weighted by atomic mass is 9.81. The molecule has 1 spiro atoms. The summed E-state index contributed by atoms with van der Waals surface area (Å²) in [5, 5.41) is 0.782. The smallest absolute Gasteiger partial charge is 0.128 e. The molecule has 3 aliphatic rings. The van der Waals surface area contributed by atoms with Gasteiger partial charge in [-0.3, -0.25) is 0 Å². The molecule has 3 fully saturated rings. The Morgan fingerprint density at radius 1 is 1.28 bits per heavy atom. The fourth-order valence-electron chi connectivity index (χ4n) is 4.34. The molecule has 2 aliphatic carbocycles. The van der Waals surface area contributed by atoms with Gasteiger partial charge in [0.2, 0.25) is 0 Å². The molecule has 0 amide bonds. The van der Waals surface area contributed by atoms with Crippen LogP contribution in [-0.4, -0.2) is 18.8 Å². The molecule has 0 N–H and O–H groups in total. The normalized spacial score (nSPS) is 44.8. The number of rotatable bonds is 2. The van der Waals surface area contributed by atoms with Crippen molar-refractivity contribution in [2.45, 2.75) is 37.1 Å². The van der Waals surface area contributed by atoms with Gasteiger partial charge in [0, 0.05) is 12.1 Å². The van der Waals surface area contributed by atoms with Gasteiger partial charge < -0.3 is 9.47 Å². The number of benzene rings is 1. The van der Waals surface area contributed by atoms with Gasteiger partial charge in [0.1, 0.15) is 11.7 Å². The molecule has 1 aliphatic heterocycles. The highest BCUT2D eigenvalue weighted by Crippen LogP contribution is 2.68. The van der Waals surface area contributed by atoms with Crippen LogP contribution in [0.4, 0.5) is 0 Å². The summed E-state index contributed by atoms with van der Waals surface area (Å²) >= 11 is 5.94. The highest BCUT2D eigenvalue weighted by atomic mass is 35.5. The molecule has 0 aromatic heterocycles. The maximum atomic E-state index is 6.16. The maximum Gasteiger partial charge on any atom is 0.128 e. The number of hydrogen-bond donors (Lipinski definition) is 0. The fraction of sp³-hybridized carbons (Fsp3) is 0.600. The van der Waals surface area contributed by atoms with Crippen LogP contribution in [0.1, 0.15) is 30.9 Å². The quantitative estimate of drug-likeness (QED) is 0.762. The van der Waals surface area contributed by atoms with Gasteiger partial charge >= 0.3 is 0 Å². The van der Waals surface area contributed by atoms with Crippen LogP contribution in [0.15, 0.2) is 24.3 Å². The Balaban J connectivity index is 1.65. The molecule has 2 bridgehead atoms. The van der Waals surface area contributed by atoms with Crippen LogP contribution >= 0.6 is 11.6 Å². The first kappa shape index (κ1) is 11.3. The van der Waals surface area contributed by atoms with Crippen LogP contribution < -0.4 is 0 Å². The van der Waals surface area contributed by atoms with Crippen molar-refractivity contribution >= 4 is 11.6 Å². The summed E-state index contributed by atoms with van der Waals surface area (Å²) in [6, 6.07) is 8.06. The first-order valence-electron chi connectivity index (χ1n) is 6.72. The zero-order valence-corrected chi connectivity index (χ0v) is 11.2. The van der Waals surface area contributed by atoms with Crippen molar-refractivity contribution in [2.75, 3.05) is 7.11 Å². The molecule has 2 saturated carbocycles. The summed E-state index contributed by atoms with van der Waals surface area (Å²) in [6.07, 6.45) is 4.39. The van der Waals surface area contributed by atoms with E-state index in [9.17, 15) is 0 Å². The van der Waals surface area contributed by atoms with Gasteiger partial charge in [0.25, 0.3) is 0 Å². The molecule has 1 saturated heterocycles. The second-order valence-corrected chi connectivity index (χ2v) is 6.27. The number of fused-ring (bicyclic) bond motifs is 3. The number of methoxy groups -OCH3 is 1. The summed E-state index contributed by atoms with van der Waals surface area (Å²) in [5.41, 5.74) is 1.22. The van der Waals surface area contributed by atoms with E-state index in [-0.39, 0.29) is 17.8 Å². The second-order valence-electron chi connectivity index (χ2n) is 5.83. The molecule has 96 valence electrons. The van der Waals surface area contributed by atoms with Gasteiger partial charge in [-0.1, -0.05) is 23.7 Å². The first-order valence-corrected chi connectivity index (χ1v) is 7.09. The zero-order chi connectivity index (χ0) is 12.3. The van der Waals surface area contributed by atoms with Crippen LogP contribution in [0, 0.1) is 11.8 Å². The van der Waals surface area contributed by atoms with Gasteiger partial charge in [-0.15, -0.1) is 0 Å². The third kappa shape index (κ3) is 1.31. The van der Waals surface area contributed by atoms with Crippen LogP contribution in [0.2, 0.25) is 5.02 Å². The molecule has 1 aromatic rings. The molecule has 1 heterocycles. The molecule has 1 aromatic carbocycles. The van der Waals surface area contributed by atoms with Gasteiger partial charge in [0.05, 0.1) is 6.10 Å². The van der Waals surface area contributed by atoms with Crippen LogP contribution in [0.5, 0.6) is 0 Å². The van der Waals surface area contributed by atoms with Gasteiger partial charge in [-0.2, -0.15) is 0 Å². The minimum Gasteiger partial charge on any atom is -0.378 e. The highest BCUT2D eigenvalue weighted by Gasteiger charge is 2.73. The van der Waals surface area contributed by atoms with E-state index in [1.165, 1.54) is 24.8 Å². The minimum atomic E-state index is -0.0223. The maximum absolute atomic E-state index is 6.16. The van der Waals surface area contributed by atoms with Crippen LogP contribution in [-0.2, 0) is 9.47 Å². The zero-order valence-electron chi connectivity index (χ0n) is 10.4. The second kappa shape index (κ2) is 3.72. The monoisotopic (exact) mass is 264 g/mol. The van der Waals surface area contributed by atoms with Crippen molar-refractivity contribution < 1.29 is 9.47 Å². The molecular formula is C15H17ClO2. The Morgan fingerprint density at radius 3 is 2.78 bits per heavy atom. The van der Waals surface area contributed by atoms with Gasteiger partial charge in [-0.25, -0.2) is 0 Å². The Kier molecular flexibility index (Phi) is 2.33. The number of epoxide rings is 1. The molecule has 4 rings (SSSR count). The van der Waals surface area contributed by atoms with Crippen LogP contribution in [0.25, 0.3) is 0 Å². The summed E-state index contributed by atoms with van der Waals surface area (Å²) in [7, 11) is 1.83. The van der Waals surface area contributed by atoms with Gasteiger partial charge in [0.15, 0.2) is 0 Å². The summed E-state index contributed by atoms with van der Waals surface area (Å²) < 4.78 is 11.9. The molecule has 3 heteroatoms. The van der Waals surface area contributed by atoms with E-state index < -0.39 is 0 Å². The molecular weight excluding hydrogens is 248 g/mol. The summed E-state index contributed by atoms with van der Waals surface area (Å²) in [6.45, 7) is 0. The summed E-state index contributed by atoms with van der Waals surface area (Å²) in [5.74, 6) is 1.39. The van der Waals surface area contributed by atoms with E-state index in [2.05, 4.69) is 12.1 Å². The SMILES string of the molecule is CO[C@H]1[C@H]2CC[C@H](C2)[C@@]12O[C@@H]2c1ccc(Cl)cc1. The van der Waals surface area contributed by atoms with E-state index in [1.54, 1.807) is 0 Å². The Morgan fingerprint density at radius 2 is 2.06 bits per heavy atom. The van der Waals surface area contributed by atoms with Crippen molar-refractivity contribution in [3.63, 3.8) is 0 Å². The molecule has 5 atom stereocenters. The largest absolute Gasteiger partial charge is 0.378 e. The first-order chi connectivity index (χ1) is 8.75. The van der Waals surface area contributed by atoms with E-state index in [1.807, 2.05) is 19.2 Å². The van der Waals surface area contributed by atoms with Crippen molar-refractivity contribution in [3.05, 3.63) is 34.9 Å². The Hall–Kier alpha value is -0.570. The third-order valence-corrected chi connectivity index (χ3v) is 5.34. The number of hydrogen-bond acceptors (Lipinski definition) is 2. The van der Waals surface area contributed by atoms with Crippen molar-refractivity contribution in [3.8, 4) is 0 Å². The fourth-order valence-corrected chi connectivity index (χ4v) is 4.47. The number of ether oxygens (including phenoxy) is 2. The lowest BCUT2D eigenvalue weighted by molar-refractivity contribution is -0.00526. The molecule has 0 radical (unpaired) electrons. The van der Waals surface area contributed by atoms with E-state index in [4.69, 9.17) is 21.1 Å². The van der Waals surface area contributed by atoms with Crippen molar-refractivity contribution in [1.29, 1.82) is 0 Å². The summed E-state index contributed by atoms with van der Waals surface area (Å²) in [4.78, 5) is 0. The van der Waals surface area contributed by atoms with E-state index in [0.29, 0.717) is 11.8 Å². The average molecular weight is 265 g/mol. The Bertz CT molecular complexity index is 472. The van der Waals surface area contributed by atoms with Gasteiger partial charge in [-0.05, 0) is 48.8 Å². The number of halogens is 1. The van der Waals surface area contributed by atoms with E-state index in [0.717, 1.165) is 5.02 Å². The van der Waals surface area contributed by atoms with E-state index >= 15 is 0 Å². The molecule has 0 unspecified atom stereocenters. The molecule has 2 nitrogen and oxygen atoms in total. The van der Waals surface area contributed by atoms with Crippen LogP contribution in [0.3, 0.4) is 0 Å². The predicted molar refractivity (Wildman–Crippen MR) is 69.6 cm³/mol. The topological polar surface area (TPSA) is 21.8 Å². The van der Waals surface area contributed by atoms with Crippen molar-refractivity contribution in [2.24, 2.45) is 11.8 Å². The standard InChI is InChI=1S/C15H17ClO2/c1-17-13-10-2-5-11(8-10)15(13)14(18-15)9-3-6-12(16)7-4-9/h3-4,6-7,10-11,13-14H,2,5,8H2,1H3/t10-,11+,13-,14+,15+/m0/s1. The third-order valence-electron chi connectivity index (χ3n) is 5.09. The van der Waals surface area contributed by atoms with Crippen molar-refractivity contribution in [1.82, 2.24) is 0 Å². The highest BCUT2D eigenvalue weighted by molar-refractivity contribution is 6.30. The minimum absolute atomic E-state index is 0.0223.